The van der Waals surface area contributed by atoms with Crippen LogP contribution in [-0.4, -0.2) is 36.2 Å². The zero-order valence-corrected chi connectivity index (χ0v) is 14.9. The molecule has 0 atom stereocenters. The number of hydrogen-bond donors (Lipinski definition) is 1. The fraction of sp³-hybridized carbons (Fsp3) is 0.400. The van der Waals surface area contributed by atoms with Gasteiger partial charge in [0.15, 0.2) is 0 Å². The quantitative estimate of drug-likeness (QED) is 0.876. The molecule has 0 aliphatic carbocycles. The Hall–Kier alpha value is -2.00. The lowest BCUT2D eigenvalue weighted by Gasteiger charge is -2.17. The molecule has 0 spiro atoms. The van der Waals surface area contributed by atoms with E-state index < -0.39 is 10.0 Å². The molecular formula is C15H18N4O3S2. The van der Waals surface area contributed by atoms with Gasteiger partial charge >= 0.3 is 0 Å². The number of anilines is 2. The Kier molecular flexibility index (Phi) is 4.81. The number of rotatable bonds is 5. The number of aromatic nitrogens is 2. The largest absolute Gasteiger partial charge is 0.321 e. The standard InChI is InChI=1S/C15H18N4O3S2/c1-2-5-13-14(23-18-17-13)15(20)16-11-6-3-7-12(10-11)19-8-4-9-24(19,21)22/h3,6-7,10H,2,4-5,8-9H2,1H3,(H,16,20). The molecule has 2 heterocycles. The second-order valence-corrected chi connectivity index (χ2v) is 8.31. The van der Waals surface area contributed by atoms with E-state index in [1.54, 1.807) is 24.3 Å². The summed E-state index contributed by atoms with van der Waals surface area (Å²) >= 11 is 1.07. The summed E-state index contributed by atoms with van der Waals surface area (Å²) in [5.74, 6) is -0.105. The maximum atomic E-state index is 12.4. The van der Waals surface area contributed by atoms with Crippen LogP contribution in [0.4, 0.5) is 11.4 Å². The van der Waals surface area contributed by atoms with Crippen molar-refractivity contribution in [3.05, 3.63) is 34.8 Å². The van der Waals surface area contributed by atoms with Gasteiger partial charge in [0.1, 0.15) is 4.88 Å². The summed E-state index contributed by atoms with van der Waals surface area (Å²) in [4.78, 5) is 12.9. The molecule has 1 aromatic heterocycles. The summed E-state index contributed by atoms with van der Waals surface area (Å²) < 4.78 is 29.3. The highest BCUT2D eigenvalue weighted by Crippen LogP contribution is 2.27. The minimum atomic E-state index is -3.24. The Balaban J connectivity index is 1.80. The fourth-order valence-electron chi connectivity index (χ4n) is 2.64. The summed E-state index contributed by atoms with van der Waals surface area (Å²) in [5, 5.41) is 6.79. The zero-order valence-electron chi connectivity index (χ0n) is 13.2. The molecule has 1 aliphatic rings. The van der Waals surface area contributed by atoms with Crippen molar-refractivity contribution in [3.8, 4) is 0 Å². The number of nitrogens with one attached hydrogen (secondary N) is 1. The maximum Gasteiger partial charge on any atom is 0.269 e. The van der Waals surface area contributed by atoms with Gasteiger partial charge in [-0.3, -0.25) is 9.10 Å². The molecule has 0 radical (unpaired) electrons. The average Bonchev–Trinajstić information content (AvgIpc) is 3.14. The molecule has 24 heavy (non-hydrogen) atoms. The Morgan fingerprint density at radius 1 is 1.42 bits per heavy atom. The van der Waals surface area contributed by atoms with Crippen LogP contribution in [-0.2, 0) is 16.4 Å². The third-order valence-electron chi connectivity index (χ3n) is 3.74. The normalized spacial score (nSPS) is 16.3. The monoisotopic (exact) mass is 366 g/mol. The van der Waals surface area contributed by atoms with Gasteiger partial charge < -0.3 is 5.32 Å². The Labute approximate surface area is 144 Å². The summed E-state index contributed by atoms with van der Waals surface area (Å²) in [6.07, 6.45) is 2.20. The van der Waals surface area contributed by atoms with Gasteiger partial charge in [0.25, 0.3) is 5.91 Å². The molecule has 2 aromatic rings. The van der Waals surface area contributed by atoms with Crippen LogP contribution in [0.2, 0.25) is 0 Å². The number of nitrogens with zero attached hydrogens (tertiary/aromatic N) is 3. The molecule has 1 saturated heterocycles. The molecule has 3 rings (SSSR count). The molecule has 0 saturated carbocycles. The highest BCUT2D eigenvalue weighted by atomic mass is 32.2. The zero-order chi connectivity index (χ0) is 17.2. The summed E-state index contributed by atoms with van der Waals surface area (Å²) in [6, 6.07) is 6.87. The number of hydrogen-bond acceptors (Lipinski definition) is 6. The molecule has 0 unspecified atom stereocenters. The number of carbonyl (C=O) groups excluding carboxylic acids is 1. The predicted octanol–water partition coefficient (Wildman–Crippen LogP) is 2.28. The first-order valence-corrected chi connectivity index (χ1v) is 10.1. The number of amides is 1. The highest BCUT2D eigenvalue weighted by Gasteiger charge is 2.28. The summed E-state index contributed by atoms with van der Waals surface area (Å²) in [5.41, 5.74) is 1.82. The van der Waals surface area contributed by atoms with Crippen LogP contribution >= 0.6 is 11.5 Å². The van der Waals surface area contributed by atoms with Crippen molar-refractivity contribution in [2.24, 2.45) is 0 Å². The SMILES string of the molecule is CCCc1nnsc1C(=O)Nc1cccc(N2CCCS2(=O)=O)c1. The highest BCUT2D eigenvalue weighted by molar-refractivity contribution is 7.93. The molecule has 9 heteroatoms. The van der Waals surface area contributed by atoms with Crippen LogP contribution < -0.4 is 9.62 Å². The molecule has 1 aromatic carbocycles. The van der Waals surface area contributed by atoms with Crippen molar-refractivity contribution in [2.75, 3.05) is 21.9 Å². The topological polar surface area (TPSA) is 92.3 Å². The Morgan fingerprint density at radius 3 is 2.96 bits per heavy atom. The van der Waals surface area contributed by atoms with Crippen LogP contribution in [0, 0.1) is 0 Å². The van der Waals surface area contributed by atoms with Crippen LogP contribution in [0.5, 0.6) is 0 Å². The van der Waals surface area contributed by atoms with Gasteiger partial charge in [-0.05, 0) is 42.6 Å². The maximum absolute atomic E-state index is 12.4. The Bertz CT molecular complexity index is 848. The lowest BCUT2D eigenvalue weighted by Crippen LogP contribution is -2.25. The van der Waals surface area contributed by atoms with Gasteiger partial charge in [-0.15, -0.1) is 5.10 Å². The minimum Gasteiger partial charge on any atom is -0.321 e. The molecule has 1 amide bonds. The number of benzene rings is 1. The predicted molar refractivity (Wildman–Crippen MR) is 94.0 cm³/mol. The van der Waals surface area contributed by atoms with E-state index in [0.29, 0.717) is 41.3 Å². The van der Waals surface area contributed by atoms with Crippen molar-refractivity contribution in [2.45, 2.75) is 26.2 Å². The van der Waals surface area contributed by atoms with E-state index in [9.17, 15) is 13.2 Å². The first-order valence-electron chi connectivity index (χ1n) is 7.74. The molecular weight excluding hydrogens is 348 g/mol. The molecule has 7 nitrogen and oxygen atoms in total. The summed E-state index contributed by atoms with van der Waals surface area (Å²) in [7, 11) is -3.24. The van der Waals surface area contributed by atoms with Crippen molar-refractivity contribution >= 4 is 38.8 Å². The second-order valence-electron chi connectivity index (χ2n) is 5.54. The third-order valence-corrected chi connectivity index (χ3v) is 6.38. The minimum absolute atomic E-state index is 0.163. The van der Waals surface area contributed by atoms with Gasteiger partial charge in [0.2, 0.25) is 10.0 Å². The van der Waals surface area contributed by atoms with Crippen LogP contribution in [0.1, 0.15) is 35.1 Å². The van der Waals surface area contributed by atoms with E-state index in [4.69, 9.17) is 0 Å². The van der Waals surface area contributed by atoms with E-state index in [1.807, 2.05) is 6.92 Å². The molecule has 1 fully saturated rings. The number of aryl methyl sites for hydroxylation is 1. The summed E-state index contributed by atoms with van der Waals surface area (Å²) in [6.45, 7) is 2.49. The average molecular weight is 366 g/mol. The third kappa shape index (κ3) is 3.41. The first kappa shape index (κ1) is 16.8. The smallest absolute Gasteiger partial charge is 0.269 e. The van der Waals surface area contributed by atoms with E-state index in [2.05, 4.69) is 14.9 Å². The van der Waals surface area contributed by atoms with Crippen molar-refractivity contribution < 1.29 is 13.2 Å². The second kappa shape index (κ2) is 6.86. The lowest BCUT2D eigenvalue weighted by atomic mass is 10.2. The van der Waals surface area contributed by atoms with Gasteiger partial charge in [0.05, 0.1) is 17.1 Å². The number of carbonyl (C=O) groups is 1. The van der Waals surface area contributed by atoms with Crippen molar-refractivity contribution in [3.63, 3.8) is 0 Å². The van der Waals surface area contributed by atoms with Crippen LogP contribution in [0.25, 0.3) is 0 Å². The van der Waals surface area contributed by atoms with E-state index in [1.165, 1.54) is 4.31 Å². The van der Waals surface area contributed by atoms with Crippen LogP contribution in [0.3, 0.4) is 0 Å². The first-order chi connectivity index (χ1) is 11.5. The van der Waals surface area contributed by atoms with E-state index in [-0.39, 0.29) is 11.7 Å². The lowest BCUT2D eigenvalue weighted by molar-refractivity contribution is 0.102. The Morgan fingerprint density at radius 2 is 2.25 bits per heavy atom. The van der Waals surface area contributed by atoms with Gasteiger partial charge in [-0.25, -0.2) is 8.42 Å². The van der Waals surface area contributed by atoms with E-state index in [0.717, 1.165) is 18.0 Å². The van der Waals surface area contributed by atoms with Gasteiger partial charge in [-0.1, -0.05) is 23.9 Å². The molecule has 1 N–H and O–H groups in total. The molecule has 128 valence electrons. The van der Waals surface area contributed by atoms with E-state index >= 15 is 0 Å². The molecule has 1 aliphatic heterocycles. The van der Waals surface area contributed by atoms with Gasteiger partial charge in [-0.2, -0.15) is 0 Å². The van der Waals surface area contributed by atoms with Crippen molar-refractivity contribution in [1.82, 2.24) is 9.59 Å². The van der Waals surface area contributed by atoms with Crippen molar-refractivity contribution in [1.29, 1.82) is 0 Å². The molecule has 0 bridgehead atoms. The number of sulfonamides is 1. The van der Waals surface area contributed by atoms with Gasteiger partial charge in [0, 0.05) is 12.2 Å². The fourth-order valence-corrected chi connectivity index (χ4v) is 4.80. The van der Waals surface area contributed by atoms with Crippen LogP contribution in [0.15, 0.2) is 24.3 Å².